The summed E-state index contributed by atoms with van der Waals surface area (Å²) in [6.45, 7) is 0.154. The van der Waals surface area contributed by atoms with Gasteiger partial charge in [0, 0.05) is 31.3 Å². The highest BCUT2D eigenvalue weighted by atomic mass is 32.2. The van der Waals surface area contributed by atoms with Crippen molar-refractivity contribution >= 4 is 15.8 Å². The van der Waals surface area contributed by atoms with Gasteiger partial charge < -0.3 is 0 Å². The Kier molecular flexibility index (Phi) is 5.05. The molecule has 0 bridgehead atoms. The maximum absolute atomic E-state index is 13.5. The fraction of sp³-hybridized carbons (Fsp3) is 0.381. The molecule has 7 heteroatoms. The summed E-state index contributed by atoms with van der Waals surface area (Å²) in [6, 6.07) is 11.1. The zero-order valence-electron chi connectivity index (χ0n) is 15.2. The van der Waals surface area contributed by atoms with Gasteiger partial charge in [0.25, 0.3) is 0 Å². The number of benzene rings is 2. The number of Topliss-reactive ketones (excluding diaryl/α,β-unsaturated/α-hetero) is 1. The first-order chi connectivity index (χ1) is 13.4. The minimum absolute atomic E-state index is 0.00136. The second kappa shape index (κ2) is 7.37. The Bertz CT molecular complexity index is 924. The topological polar surface area (TPSA) is 54.5 Å². The van der Waals surface area contributed by atoms with Gasteiger partial charge in [0.1, 0.15) is 17.4 Å². The number of sulfonamides is 1. The maximum atomic E-state index is 13.5. The standard InChI is InChI=1S/C21H21F2NO3S/c22-16-5-1-14(2-6-16)21(15-3-7-17(23)8-4-15)20-13-18(25)11-12-24(20)28(26,27)19-9-10-19/h1-8,19-21H,9-13H2. The summed E-state index contributed by atoms with van der Waals surface area (Å²) in [5.41, 5.74) is 1.40. The van der Waals surface area contributed by atoms with Crippen molar-refractivity contribution in [2.45, 2.75) is 42.9 Å². The van der Waals surface area contributed by atoms with Crippen LogP contribution in [0.25, 0.3) is 0 Å². The van der Waals surface area contributed by atoms with Gasteiger partial charge in [0.2, 0.25) is 10.0 Å². The molecule has 2 aromatic carbocycles. The van der Waals surface area contributed by atoms with Crippen LogP contribution in [-0.2, 0) is 14.8 Å². The van der Waals surface area contributed by atoms with Crippen LogP contribution >= 0.6 is 0 Å². The van der Waals surface area contributed by atoms with Crippen molar-refractivity contribution in [3.8, 4) is 0 Å². The third kappa shape index (κ3) is 3.73. The molecule has 4 rings (SSSR count). The lowest BCUT2D eigenvalue weighted by Crippen LogP contribution is -2.50. The van der Waals surface area contributed by atoms with Gasteiger partial charge in [0.05, 0.1) is 5.25 Å². The first-order valence-electron chi connectivity index (χ1n) is 9.39. The van der Waals surface area contributed by atoms with Crippen molar-refractivity contribution in [3.05, 3.63) is 71.3 Å². The van der Waals surface area contributed by atoms with Gasteiger partial charge in [-0.1, -0.05) is 24.3 Å². The van der Waals surface area contributed by atoms with Crippen molar-refractivity contribution in [3.63, 3.8) is 0 Å². The molecular weight excluding hydrogens is 384 g/mol. The molecule has 1 atom stereocenters. The first kappa shape index (κ1) is 19.2. The van der Waals surface area contributed by atoms with Crippen molar-refractivity contribution in [1.29, 1.82) is 0 Å². The van der Waals surface area contributed by atoms with E-state index in [9.17, 15) is 22.0 Å². The van der Waals surface area contributed by atoms with E-state index in [1.54, 1.807) is 24.3 Å². The predicted octanol–water partition coefficient (Wildman–Crippen LogP) is 3.62. The van der Waals surface area contributed by atoms with Crippen LogP contribution in [0.4, 0.5) is 8.78 Å². The SMILES string of the molecule is O=C1CCN(S(=O)(=O)C2CC2)C(C(c2ccc(F)cc2)c2ccc(F)cc2)C1. The maximum Gasteiger partial charge on any atom is 0.217 e. The van der Waals surface area contributed by atoms with Gasteiger partial charge in [-0.05, 0) is 48.2 Å². The second-order valence-corrected chi connectivity index (χ2v) is 9.66. The lowest BCUT2D eigenvalue weighted by atomic mass is 9.81. The van der Waals surface area contributed by atoms with E-state index >= 15 is 0 Å². The summed E-state index contributed by atoms with van der Waals surface area (Å²) < 4.78 is 54.5. The summed E-state index contributed by atoms with van der Waals surface area (Å²) in [4.78, 5) is 12.3. The Balaban J connectivity index is 1.81. The molecule has 1 aliphatic carbocycles. The van der Waals surface area contributed by atoms with Crippen molar-refractivity contribution in [2.24, 2.45) is 0 Å². The zero-order valence-corrected chi connectivity index (χ0v) is 16.0. The van der Waals surface area contributed by atoms with Gasteiger partial charge in [-0.2, -0.15) is 4.31 Å². The van der Waals surface area contributed by atoms with Crippen LogP contribution in [0.15, 0.2) is 48.5 Å². The highest BCUT2D eigenvalue weighted by Crippen LogP contribution is 2.40. The Morgan fingerprint density at radius 2 is 1.39 bits per heavy atom. The molecule has 148 valence electrons. The highest BCUT2D eigenvalue weighted by molar-refractivity contribution is 7.90. The van der Waals surface area contributed by atoms with Crippen molar-refractivity contribution < 1.29 is 22.0 Å². The zero-order chi connectivity index (χ0) is 19.9. The molecule has 0 aromatic heterocycles. The number of rotatable bonds is 5. The fourth-order valence-corrected chi connectivity index (χ4v) is 6.01. The third-order valence-electron chi connectivity index (χ3n) is 5.53. The summed E-state index contributed by atoms with van der Waals surface area (Å²) in [7, 11) is -3.51. The Morgan fingerprint density at radius 3 is 1.86 bits per heavy atom. The number of carbonyl (C=O) groups excluding carboxylic acids is 1. The Hall–Kier alpha value is -2.12. The molecule has 0 amide bonds. The van der Waals surface area contributed by atoms with E-state index in [1.807, 2.05) is 0 Å². The van der Waals surface area contributed by atoms with Gasteiger partial charge in [0.15, 0.2) is 0 Å². The molecule has 1 saturated heterocycles. The van der Waals surface area contributed by atoms with E-state index in [4.69, 9.17) is 0 Å². The van der Waals surface area contributed by atoms with Crippen LogP contribution in [0.3, 0.4) is 0 Å². The summed E-state index contributed by atoms with van der Waals surface area (Å²) in [5.74, 6) is -1.28. The van der Waals surface area contributed by atoms with E-state index in [0.717, 1.165) is 0 Å². The Labute approximate surface area is 163 Å². The van der Waals surface area contributed by atoms with Crippen molar-refractivity contribution in [1.82, 2.24) is 4.31 Å². The van der Waals surface area contributed by atoms with Gasteiger partial charge in [-0.15, -0.1) is 0 Å². The molecule has 0 radical (unpaired) electrons. The molecule has 1 heterocycles. The minimum atomic E-state index is -3.51. The van der Waals surface area contributed by atoms with Gasteiger partial charge in [-0.25, -0.2) is 17.2 Å². The van der Waals surface area contributed by atoms with Gasteiger partial charge >= 0.3 is 0 Å². The molecule has 4 nitrogen and oxygen atoms in total. The lowest BCUT2D eigenvalue weighted by Gasteiger charge is -2.39. The number of nitrogens with zero attached hydrogens (tertiary/aromatic N) is 1. The molecule has 2 aliphatic rings. The number of carbonyl (C=O) groups is 1. The van der Waals surface area contributed by atoms with Crippen LogP contribution in [0.5, 0.6) is 0 Å². The minimum Gasteiger partial charge on any atom is -0.300 e. The van der Waals surface area contributed by atoms with Crippen LogP contribution in [0.2, 0.25) is 0 Å². The largest absolute Gasteiger partial charge is 0.300 e. The van der Waals surface area contributed by atoms with E-state index in [-0.39, 0.29) is 30.4 Å². The average Bonchev–Trinajstić information content (AvgIpc) is 3.51. The van der Waals surface area contributed by atoms with Crippen LogP contribution in [0, 0.1) is 11.6 Å². The highest BCUT2D eigenvalue weighted by Gasteiger charge is 2.47. The molecule has 1 aliphatic heterocycles. The summed E-state index contributed by atoms with van der Waals surface area (Å²) >= 11 is 0. The number of hydrogen-bond acceptors (Lipinski definition) is 3. The van der Waals surface area contributed by atoms with Crippen LogP contribution in [-0.4, -0.2) is 36.3 Å². The molecule has 28 heavy (non-hydrogen) atoms. The molecule has 1 unspecified atom stereocenters. The third-order valence-corrected chi connectivity index (χ3v) is 7.95. The number of halogens is 2. The summed E-state index contributed by atoms with van der Waals surface area (Å²) in [6.07, 6.45) is 1.56. The molecule has 1 saturated carbocycles. The van der Waals surface area contributed by atoms with Crippen LogP contribution in [0.1, 0.15) is 42.7 Å². The second-order valence-electron chi connectivity index (χ2n) is 7.50. The average molecular weight is 405 g/mol. The van der Waals surface area contributed by atoms with E-state index in [2.05, 4.69) is 0 Å². The smallest absolute Gasteiger partial charge is 0.217 e. The first-order valence-corrected chi connectivity index (χ1v) is 10.9. The quantitative estimate of drug-likeness (QED) is 0.764. The van der Waals surface area contributed by atoms with E-state index < -0.39 is 33.6 Å². The number of piperidine rings is 1. The Morgan fingerprint density at radius 1 is 0.893 bits per heavy atom. The van der Waals surface area contributed by atoms with Crippen LogP contribution < -0.4 is 0 Å². The van der Waals surface area contributed by atoms with E-state index in [0.29, 0.717) is 24.0 Å². The normalized spacial score (nSPS) is 21.2. The number of ketones is 1. The van der Waals surface area contributed by atoms with Gasteiger partial charge in [-0.3, -0.25) is 4.79 Å². The predicted molar refractivity (Wildman–Crippen MR) is 101 cm³/mol. The summed E-state index contributed by atoms with van der Waals surface area (Å²) in [5, 5.41) is -0.384. The fourth-order valence-electron chi connectivity index (χ4n) is 3.97. The molecule has 2 fully saturated rings. The number of hydrogen-bond donors (Lipinski definition) is 0. The monoisotopic (exact) mass is 405 g/mol. The van der Waals surface area contributed by atoms with Crippen molar-refractivity contribution in [2.75, 3.05) is 6.54 Å². The molecular formula is C21H21F2NO3S. The molecule has 0 spiro atoms. The lowest BCUT2D eigenvalue weighted by molar-refractivity contribution is -0.122. The molecule has 0 N–H and O–H groups in total. The molecule has 2 aromatic rings. The van der Waals surface area contributed by atoms with E-state index in [1.165, 1.54) is 28.6 Å².